The van der Waals surface area contributed by atoms with Gasteiger partial charge in [-0.2, -0.15) is 5.10 Å². The maximum atomic E-state index is 11.8. The fraction of sp³-hybridized carbons (Fsp3) is 0.333. The van der Waals surface area contributed by atoms with Gasteiger partial charge in [0, 0.05) is 25.8 Å². The van der Waals surface area contributed by atoms with E-state index >= 15 is 0 Å². The van der Waals surface area contributed by atoms with Gasteiger partial charge >= 0.3 is 0 Å². The standard InChI is InChI=1S/C15H19N3O2/c1-10-7-5-6-8-12(10)13-9-14(18(3)17-13)16-15(19)11(2)20-4/h5-9,11H,1-4H3,(H,16,19)/t11-/m0/s1. The number of ether oxygens (including phenoxy) is 1. The predicted octanol–water partition coefficient (Wildman–Crippen LogP) is 2.37. The van der Waals surface area contributed by atoms with Crippen molar-refractivity contribution in [3.8, 4) is 11.3 Å². The summed E-state index contributed by atoms with van der Waals surface area (Å²) < 4.78 is 6.65. The number of nitrogens with zero attached hydrogens (tertiary/aromatic N) is 2. The van der Waals surface area contributed by atoms with E-state index in [2.05, 4.69) is 10.4 Å². The molecular weight excluding hydrogens is 254 g/mol. The second-order valence-corrected chi connectivity index (χ2v) is 4.72. The van der Waals surface area contributed by atoms with Crippen LogP contribution in [0.15, 0.2) is 30.3 Å². The molecule has 0 spiro atoms. The summed E-state index contributed by atoms with van der Waals surface area (Å²) >= 11 is 0. The van der Waals surface area contributed by atoms with E-state index in [1.165, 1.54) is 7.11 Å². The summed E-state index contributed by atoms with van der Waals surface area (Å²) in [5.74, 6) is 0.462. The lowest BCUT2D eigenvalue weighted by atomic mass is 10.1. The third-order valence-electron chi connectivity index (χ3n) is 3.27. The number of benzene rings is 1. The van der Waals surface area contributed by atoms with Crippen molar-refractivity contribution in [2.45, 2.75) is 20.0 Å². The third kappa shape index (κ3) is 2.88. The molecule has 0 saturated carbocycles. The zero-order valence-electron chi connectivity index (χ0n) is 12.2. The van der Waals surface area contributed by atoms with Crippen molar-refractivity contribution in [2.75, 3.05) is 12.4 Å². The van der Waals surface area contributed by atoms with Gasteiger partial charge in [-0.05, 0) is 19.4 Å². The molecule has 0 aliphatic rings. The van der Waals surface area contributed by atoms with Gasteiger partial charge in [-0.15, -0.1) is 0 Å². The lowest BCUT2D eigenvalue weighted by Gasteiger charge is -2.09. The molecule has 0 aliphatic carbocycles. The van der Waals surface area contributed by atoms with Crippen LogP contribution in [-0.2, 0) is 16.6 Å². The van der Waals surface area contributed by atoms with Gasteiger partial charge in [0.25, 0.3) is 5.91 Å². The van der Waals surface area contributed by atoms with Crippen molar-refractivity contribution in [1.82, 2.24) is 9.78 Å². The summed E-state index contributed by atoms with van der Waals surface area (Å²) in [5, 5.41) is 7.25. The van der Waals surface area contributed by atoms with Crippen molar-refractivity contribution in [3.05, 3.63) is 35.9 Å². The van der Waals surface area contributed by atoms with Crippen molar-refractivity contribution in [1.29, 1.82) is 0 Å². The zero-order chi connectivity index (χ0) is 14.7. The summed E-state index contributed by atoms with van der Waals surface area (Å²) in [7, 11) is 3.31. The summed E-state index contributed by atoms with van der Waals surface area (Å²) in [6.45, 7) is 3.74. The van der Waals surface area contributed by atoms with E-state index in [-0.39, 0.29) is 5.91 Å². The number of rotatable bonds is 4. The van der Waals surface area contributed by atoms with Crippen LogP contribution in [0.4, 0.5) is 5.82 Å². The molecule has 0 bridgehead atoms. The van der Waals surface area contributed by atoms with Crippen molar-refractivity contribution >= 4 is 11.7 Å². The molecule has 106 valence electrons. The molecule has 1 aromatic heterocycles. The monoisotopic (exact) mass is 273 g/mol. The smallest absolute Gasteiger partial charge is 0.254 e. The molecule has 1 N–H and O–H groups in total. The van der Waals surface area contributed by atoms with Crippen LogP contribution >= 0.6 is 0 Å². The Hall–Kier alpha value is -2.14. The number of carbonyl (C=O) groups excluding carboxylic acids is 1. The Morgan fingerprint density at radius 3 is 2.75 bits per heavy atom. The summed E-state index contributed by atoms with van der Waals surface area (Å²) in [4.78, 5) is 11.8. The molecular formula is C15H19N3O2. The fourth-order valence-corrected chi connectivity index (χ4v) is 1.91. The number of amides is 1. The number of hydrogen-bond acceptors (Lipinski definition) is 3. The average molecular weight is 273 g/mol. The Balaban J connectivity index is 2.27. The van der Waals surface area contributed by atoms with E-state index in [9.17, 15) is 4.79 Å². The molecule has 0 aliphatic heterocycles. The first kappa shape index (κ1) is 14.3. The molecule has 0 saturated heterocycles. The van der Waals surface area contributed by atoms with E-state index in [0.29, 0.717) is 5.82 Å². The number of anilines is 1. The van der Waals surface area contributed by atoms with Gasteiger partial charge in [0.2, 0.25) is 0 Å². The number of aryl methyl sites for hydroxylation is 2. The SMILES string of the molecule is CO[C@@H](C)C(=O)Nc1cc(-c2ccccc2C)nn1C. The molecule has 1 atom stereocenters. The molecule has 5 nitrogen and oxygen atoms in total. The number of hydrogen-bond donors (Lipinski definition) is 1. The average Bonchev–Trinajstić information content (AvgIpc) is 2.79. The summed E-state index contributed by atoms with van der Waals surface area (Å²) in [6, 6.07) is 9.88. The second-order valence-electron chi connectivity index (χ2n) is 4.72. The van der Waals surface area contributed by atoms with Gasteiger partial charge in [-0.3, -0.25) is 9.48 Å². The van der Waals surface area contributed by atoms with Gasteiger partial charge in [0.1, 0.15) is 11.9 Å². The van der Waals surface area contributed by atoms with Gasteiger partial charge < -0.3 is 10.1 Å². The van der Waals surface area contributed by atoms with Crippen molar-refractivity contribution < 1.29 is 9.53 Å². The Kier molecular flexibility index (Phi) is 4.20. The molecule has 2 rings (SSSR count). The van der Waals surface area contributed by atoms with Gasteiger partial charge in [-0.25, -0.2) is 0 Å². The van der Waals surface area contributed by atoms with E-state index < -0.39 is 6.10 Å². The number of carbonyl (C=O) groups is 1. The van der Waals surface area contributed by atoms with Crippen molar-refractivity contribution in [3.63, 3.8) is 0 Å². The lowest BCUT2D eigenvalue weighted by Crippen LogP contribution is -2.27. The van der Waals surface area contributed by atoms with E-state index in [1.54, 1.807) is 18.7 Å². The van der Waals surface area contributed by atoms with Crippen LogP contribution in [-0.4, -0.2) is 28.9 Å². The topological polar surface area (TPSA) is 56.1 Å². The largest absolute Gasteiger partial charge is 0.372 e. The number of aromatic nitrogens is 2. The Labute approximate surface area is 118 Å². The predicted molar refractivity (Wildman–Crippen MR) is 78.5 cm³/mol. The van der Waals surface area contributed by atoms with Gasteiger partial charge in [-0.1, -0.05) is 24.3 Å². The molecule has 1 amide bonds. The summed E-state index contributed by atoms with van der Waals surface area (Å²) in [5.41, 5.74) is 3.04. The first-order valence-electron chi connectivity index (χ1n) is 6.46. The van der Waals surface area contributed by atoms with Crippen LogP contribution in [0.25, 0.3) is 11.3 Å². The Morgan fingerprint density at radius 1 is 1.40 bits per heavy atom. The molecule has 0 radical (unpaired) electrons. The van der Waals surface area contributed by atoms with Crippen LogP contribution in [0.5, 0.6) is 0 Å². The third-order valence-corrected chi connectivity index (χ3v) is 3.27. The molecule has 1 aromatic carbocycles. The van der Waals surface area contributed by atoms with E-state index in [0.717, 1.165) is 16.8 Å². The molecule has 2 aromatic rings. The quantitative estimate of drug-likeness (QED) is 0.930. The molecule has 20 heavy (non-hydrogen) atoms. The van der Waals surface area contributed by atoms with E-state index in [1.807, 2.05) is 37.3 Å². The highest BCUT2D eigenvalue weighted by molar-refractivity contribution is 5.93. The van der Waals surface area contributed by atoms with Crippen LogP contribution < -0.4 is 5.32 Å². The van der Waals surface area contributed by atoms with Gasteiger partial charge in [0.15, 0.2) is 0 Å². The first-order valence-corrected chi connectivity index (χ1v) is 6.46. The first-order chi connectivity index (χ1) is 9.52. The van der Waals surface area contributed by atoms with E-state index in [4.69, 9.17) is 4.74 Å². The molecule has 0 unspecified atom stereocenters. The van der Waals surface area contributed by atoms with Crippen molar-refractivity contribution in [2.24, 2.45) is 7.05 Å². The minimum absolute atomic E-state index is 0.188. The highest BCUT2D eigenvalue weighted by Crippen LogP contribution is 2.24. The molecule has 5 heteroatoms. The highest BCUT2D eigenvalue weighted by atomic mass is 16.5. The highest BCUT2D eigenvalue weighted by Gasteiger charge is 2.15. The van der Waals surface area contributed by atoms with Crippen LogP contribution in [0, 0.1) is 6.92 Å². The Bertz CT molecular complexity index is 619. The van der Waals surface area contributed by atoms with Crippen LogP contribution in [0.1, 0.15) is 12.5 Å². The van der Waals surface area contributed by atoms with Gasteiger partial charge in [0.05, 0.1) is 5.69 Å². The number of nitrogens with one attached hydrogen (secondary N) is 1. The maximum absolute atomic E-state index is 11.8. The second kappa shape index (κ2) is 5.88. The number of methoxy groups -OCH3 is 1. The maximum Gasteiger partial charge on any atom is 0.254 e. The van der Waals surface area contributed by atoms with Crippen LogP contribution in [0.3, 0.4) is 0 Å². The zero-order valence-corrected chi connectivity index (χ0v) is 12.2. The summed E-state index contributed by atoms with van der Waals surface area (Å²) in [6.07, 6.45) is -0.494. The molecule has 1 heterocycles. The minimum atomic E-state index is -0.494. The fourth-order valence-electron chi connectivity index (χ4n) is 1.91. The Morgan fingerprint density at radius 2 is 2.10 bits per heavy atom. The lowest BCUT2D eigenvalue weighted by molar-refractivity contribution is -0.124. The minimum Gasteiger partial charge on any atom is -0.372 e. The normalized spacial score (nSPS) is 12.2. The molecule has 0 fully saturated rings. The van der Waals surface area contributed by atoms with Crippen LogP contribution in [0.2, 0.25) is 0 Å².